The molecule has 0 aliphatic carbocycles. The van der Waals surface area contributed by atoms with Gasteiger partial charge < -0.3 is 5.11 Å². The number of aliphatic imine (C=N–C) groups is 1. The third-order valence-electron chi connectivity index (χ3n) is 3.50. The van der Waals surface area contributed by atoms with Crippen molar-refractivity contribution in [1.82, 2.24) is 4.90 Å². The minimum atomic E-state index is -0.0920. The molecule has 0 aromatic heterocycles. The van der Waals surface area contributed by atoms with E-state index in [0.29, 0.717) is 10.1 Å². The average molecular weight is 324 g/mol. The van der Waals surface area contributed by atoms with Crippen molar-refractivity contribution in [3.63, 3.8) is 0 Å². The Balaban J connectivity index is 1.93. The number of hydrogen-bond acceptors (Lipinski definition) is 4. The van der Waals surface area contributed by atoms with Crippen LogP contribution in [0.25, 0.3) is 6.08 Å². The van der Waals surface area contributed by atoms with E-state index in [4.69, 9.17) is 0 Å². The summed E-state index contributed by atoms with van der Waals surface area (Å²) in [6, 6.07) is 14.6. The lowest BCUT2D eigenvalue weighted by atomic mass is 10.2. The monoisotopic (exact) mass is 324 g/mol. The molecule has 0 spiro atoms. The van der Waals surface area contributed by atoms with Crippen LogP contribution in [0.5, 0.6) is 5.75 Å². The van der Waals surface area contributed by atoms with Crippen LogP contribution < -0.4 is 0 Å². The summed E-state index contributed by atoms with van der Waals surface area (Å²) < 4.78 is 0. The summed E-state index contributed by atoms with van der Waals surface area (Å²) in [5, 5.41) is 10.2. The third-order valence-corrected chi connectivity index (χ3v) is 4.56. The lowest BCUT2D eigenvalue weighted by molar-refractivity contribution is -0.121. The number of carbonyl (C=O) groups excluding carboxylic acids is 1. The largest absolute Gasteiger partial charge is 0.508 e. The number of aryl methyl sites for hydroxylation is 1. The van der Waals surface area contributed by atoms with Crippen LogP contribution >= 0.6 is 11.8 Å². The summed E-state index contributed by atoms with van der Waals surface area (Å²) in [6.45, 7) is 1.99. The van der Waals surface area contributed by atoms with Gasteiger partial charge >= 0.3 is 0 Å². The number of carbonyl (C=O) groups is 1. The number of amides is 1. The van der Waals surface area contributed by atoms with Crippen LogP contribution in [-0.2, 0) is 4.79 Å². The molecular weight excluding hydrogens is 308 g/mol. The second kappa shape index (κ2) is 6.30. The van der Waals surface area contributed by atoms with Crippen molar-refractivity contribution in [3.8, 4) is 5.75 Å². The average Bonchev–Trinajstić information content (AvgIpc) is 2.78. The molecule has 1 N–H and O–H groups in total. The molecule has 0 radical (unpaired) electrons. The standard InChI is InChI=1S/C18H16N2O2S/c1-12-6-3-4-9-15(12)19-18-20(2)17(22)16(23-18)11-13-7-5-8-14(21)10-13/h3-11,21H,1-2H3/b16-11+,19-18?. The van der Waals surface area contributed by atoms with E-state index < -0.39 is 0 Å². The quantitative estimate of drug-likeness (QED) is 0.852. The van der Waals surface area contributed by atoms with E-state index >= 15 is 0 Å². The maximum atomic E-state index is 12.4. The van der Waals surface area contributed by atoms with Gasteiger partial charge in [0.25, 0.3) is 5.91 Å². The highest BCUT2D eigenvalue weighted by Crippen LogP contribution is 2.33. The van der Waals surface area contributed by atoms with Crippen LogP contribution in [0.4, 0.5) is 5.69 Å². The predicted molar refractivity (Wildman–Crippen MR) is 94.7 cm³/mol. The Kier molecular flexibility index (Phi) is 4.21. The fourth-order valence-corrected chi connectivity index (χ4v) is 3.19. The molecule has 0 unspecified atom stereocenters. The molecule has 5 heteroatoms. The molecule has 1 aliphatic heterocycles. The predicted octanol–water partition coefficient (Wildman–Crippen LogP) is 3.93. The van der Waals surface area contributed by atoms with Gasteiger partial charge in [0.15, 0.2) is 5.17 Å². The van der Waals surface area contributed by atoms with Gasteiger partial charge in [-0.15, -0.1) is 0 Å². The van der Waals surface area contributed by atoms with E-state index in [1.165, 1.54) is 11.8 Å². The highest BCUT2D eigenvalue weighted by molar-refractivity contribution is 8.18. The Bertz CT molecular complexity index is 827. The number of likely N-dealkylation sites (N-methyl/N-ethyl adjacent to an activating group) is 1. The minimum absolute atomic E-state index is 0.0920. The molecule has 0 saturated carbocycles. The summed E-state index contributed by atoms with van der Waals surface area (Å²) in [5.41, 5.74) is 2.70. The zero-order valence-electron chi connectivity index (χ0n) is 12.9. The van der Waals surface area contributed by atoms with E-state index in [1.54, 1.807) is 36.2 Å². The number of para-hydroxylation sites is 1. The molecule has 1 fully saturated rings. The molecular formula is C18H16N2O2S. The van der Waals surface area contributed by atoms with E-state index in [9.17, 15) is 9.90 Å². The molecule has 1 heterocycles. The zero-order chi connectivity index (χ0) is 16.4. The Morgan fingerprint density at radius 2 is 1.96 bits per heavy atom. The van der Waals surface area contributed by atoms with Gasteiger partial charge in [-0.2, -0.15) is 0 Å². The number of benzene rings is 2. The molecule has 1 saturated heterocycles. The van der Waals surface area contributed by atoms with Gasteiger partial charge in [-0.25, -0.2) is 4.99 Å². The van der Waals surface area contributed by atoms with Crippen molar-refractivity contribution >= 4 is 34.6 Å². The van der Waals surface area contributed by atoms with Crippen LogP contribution in [-0.4, -0.2) is 28.1 Å². The van der Waals surface area contributed by atoms with Gasteiger partial charge in [0, 0.05) is 7.05 Å². The fourth-order valence-electron chi connectivity index (χ4n) is 2.21. The summed E-state index contributed by atoms with van der Waals surface area (Å²) in [7, 11) is 1.72. The number of rotatable bonds is 2. The topological polar surface area (TPSA) is 52.9 Å². The molecule has 116 valence electrons. The highest BCUT2D eigenvalue weighted by atomic mass is 32.2. The maximum absolute atomic E-state index is 12.4. The highest BCUT2D eigenvalue weighted by Gasteiger charge is 2.30. The molecule has 0 bridgehead atoms. The first-order valence-corrected chi connectivity index (χ1v) is 7.97. The van der Waals surface area contributed by atoms with Crippen molar-refractivity contribution in [3.05, 3.63) is 64.6 Å². The third kappa shape index (κ3) is 3.29. The number of nitrogens with zero attached hydrogens (tertiary/aromatic N) is 2. The van der Waals surface area contributed by atoms with Crippen LogP contribution in [0.15, 0.2) is 58.4 Å². The number of hydrogen-bond donors (Lipinski definition) is 1. The Morgan fingerprint density at radius 1 is 1.17 bits per heavy atom. The summed E-state index contributed by atoms with van der Waals surface area (Å²) >= 11 is 1.34. The minimum Gasteiger partial charge on any atom is -0.508 e. The van der Waals surface area contributed by atoms with Crippen LogP contribution in [0, 0.1) is 6.92 Å². The first kappa shape index (κ1) is 15.4. The van der Waals surface area contributed by atoms with E-state index in [1.807, 2.05) is 37.3 Å². The van der Waals surface area contributed by atoms with Gasteiger partial charge in [-0.3, -0.25) is 9.69 Å². The van der Waals surface area contributed by atoms with Crippen LogP contribution in [0.1, 0.15) is 11.1 Å². The summed E-state index contributed by atoms with van der Waals surface area (Å²) in [5.74, 6) is 0.0858. The van der Waals surface area contributed by atoms with Crippen molar-refractivity contribution in [2.45, 2.75) is 6.92 Å². The normalized spacial score (nSPS) is 18.2. The van der Waals surface area contributed by atoms with E-state index in [0.717, 1.165) is 16.8 Å². The fraction of sp³-hybridized carbons (Fsp3) is 0.111. The number of amidine groups is 1. The molecule has 2 aromatic carbocycles. The number of phenolic OH excluding ortho intramolecular Hbond substituents is 1. The van der Waals surface area contributed by atoms with Gasteiger partial charge in [0.1, 0.15) is 5.75 Å². The van der Waals surface area contributed by atoms with Gasteiger partial charge in [-0.05, 0) is 54.1 Å². The summed E-state index contributed by atoms with van der Waals surface area (Å²) in [6.07, 6.45) is 1.77. The summed E-state index contributed by atoms with van der Waals surface area (Å²) in [4.78, 5) is 19.1. The second-order valence-corrected chi connectivity index (χ2v) is 6.26. The lowest BCUT2D eigenvalue weighted by Gasteiger charge is -2.08. The molecule has 23 heavy (non-hydrogen) atoms. The number of phenols is 1. The van der Waals surface area contributed by atoms with E-state index in [-0.39, 0.29) is 11.7 Å². The van der Waals surface area contributed by atoms with Crippen LogP contribution in [0.3, 0.4) is 0 Å². The Labute approximate surface area is 139 Å². The number of thioether (sulfide) groups is 1. The maximum Gasteiger partial charge on any atom is 0.266 e. The molecule has 1 amide bonds. The second-order valence-electron chi connectivity index (χ2n) is 5.25. The smallest absolute Gasteiger partial charge is 0.266 e. The molecule has 4 nitrogen and oxygen atoms in total. The lowest BCUT2D eigenvalue weighted by Crippen LogP contribution is -2.23. The van der Waals surface area contributed by atoms with Crippen molar-refractivity contribution in [2.75, 3.05) is 7.05 Å². The Morgan fingerprint density at radius 3 is 2.70 bits per heavy atom. The number of aromatic hydroxyl groups is 1. The van der Waals surface area contributed by atoms with Crippen molar-refractivity contribution in [1.29, 1.82) is 0 Å². The molecule has 0 atom stereocenters. The SMILES string of the molecule is Cc1ccccc1N=C1S/C(=C/c2cccc(O)c2)C(=O)N1C. The van der Waals surface area contributed by atoms with E-state index in [2.05, 4.69) is 4.99 Å². The van der Waals surface area contributed by atoms with Crippen molar-refractivity contribution < 1.29 is 9.90 Å². The first-order chi connectivity index (χ1) is 11.0. The van der Waals surface area contributed by atoms with Crippen LogP contribution in [0.2, 0.25) is 0 Å². The van der Waals surface area contributed by atoms with Gasteiger partial charge in [0.2, 0.25) is 0 Å². The molecule has 3 rings (SSSR count). The molecule has 2 aromatic rings. The van der Waals surface area contributed by atoms with Crippen molar-refractivity contribution in [2.24, 2.45) is 4.99 Å². The zero-order valence-corrected chi connectivity index (χ0v) is 13.7. The molecule has 1 aliphatic rings. The van der Waals surface area contributed by atoms with Gasteiger partial charge in [0.05, 0.1) is 10.6 Å². The van der Waals surface area contributed by atoms with Gasteiger partial charge in [-0.1, -0.05) is 30.3 Å². The first-order valence-electron chi connectivity index (χ1n) is 7.15. The Hall–Kier alpha value is -2.53.